The van der Waals surface area contributed by atoms with Gasteiger partial charge in [-0.1, -0.05) is 59.6 Å². The van der Waals surface area contributed by atoms with Crippen LogP contribution < -0.4 is 80.4 Å². The second-order valence-electron chi connectivity index (χ2n) is 9.93. The maximum Gasteiger partial charge on any atom is 1.00 e. The fraction of sp³-hybridized carbons (Fsp3) is 0. The molecule has 0 radical (unpaired) electrons. The Morgan fingerprint density at radius 3 is 1.11 bits per heavy atom. The largest absolute Gasteiger partial charge is 1.00 e. The molecule has 4 aromatic carbocycles. The van der Waals surface area contributed by atoms with Gasteiger partial charge in [0, 0.05) is 11.4 Å². The quantitative estimate of drug-likeness (QED) is 0.112. The first kappa shape index (κ1) is 45.5. The van der Waals surface area contributed by atoms with Crippen molar-refractivity contribution < 1.29 is 85.1 Å². The molecule has 0 aliphatic carbocycles. The van der Waals surface area contributed by atoms with Crippen molar-refractivity contribution in [2.45, 2.75) is 9.79 Å². The second kappa shape index (κ2) is 20.3. The van der Waals surface area contributed by atoms with Crippen molar-refractivity contribution in [3.63, 3.8) is 0 Å². The van der Waals surface area contributed by atoms with Gasteiger partial charge in [0.15, 0.2) is 0 Å². The summed E-state index contributed by atoms with van der Waals surface area (Å²) < 4.78 is 66.7. The molecule has 0 atom stereocenters. The van der Waals surface area contributed by atoms with Crippen LogP contribution in [0.25, 0.3) is 0 Å². The van der Waals surface area contributed by atoms with Gasteiger partial charge < -0.3 is 30.4 Å². The summed E-state index contributed by atoms with van der Waals surface area (Å²) in [7, 11) is -9.15. The molecule has 0 fully saturated rings. The van der Waals surface area contributed by atoms with E-state index in [0.717, 1.165) is 0 Å². The Kier molecular flexibility index (Phi) is 17.1. The zero-order chi connectivity index (χ0) is 37.5. The summed E-state index contributed by atoms with van der Waals surface area (Å²) in [4.78, 5) is 23.3. The van der Waals surface area contributed by atoms with E-state index in [1.807, 2.05) is 0 Å². The Morgan fingerprint density at radius 1 is 0.444 bits per heavy atom. The van der Waals surface area contributed by atoms with Gasteiger partial charge in [-0.05, 0) is 83.9 Å². The van der Waals surface area contributed by atoms with E-state index in [0.29, 0.717) is 32.8 Å². The third-order valence-corrected chi connectivity index (χ3v) is 8.87. The van der Waals surface area contributed by atoms with Crippen molar-refractivity contribution in [2.75, 3.05) is 21.3 Å². The van der Waals surface area contributed by atoms with Crippen LogP contribution in [0.3, 0.4) is 0 Å². The Hall–Kier alpha value is -2.92. The van der Waals surface area contributed by atoms with Crippen molar-refractivity contribution in [3.05, 3.63) is 118 Å². The van der Waals surface area contributed by atoms with Gasteiger partial charge in [0.2, 0.25) is 34.4 Å². The Labute approximate surface area is 373 Å². The third-order valence-electron chi connectivity index (χ3n) is 6.21. The maximum absolute atomic E-state index is 11.1. The number of hydrogen-bond acceptors (Lipinski definition) is 16. The topological polar surface area (TPSA) is 240 Å². The summed E-state index contributed by atoms with van der Waals surface area (Å²) in [5.41, 5.74) is 1.74. The van der Waals surface area contributed by atoms with E-state index in [2.05, 4.69) is 51.2 Å². The molecule has 0 bridgehead atoms. The number of halogens is 4. The molecule has 0 spiro atoms. The van der Waals surface area contributed by atoms with Crippen LogP contribution in [0.1, 0.15) is 0 Å². The molecule has 0 saturated carbocycles. The molecule has 24 heteroatoms. The number of nitrogens with zero attached hydrogens (tertiary/aromatic N) is 6. The molecule has 16 nitrogen and oxygen atoms in total. The SMILES string of the molecule is O=S(=O)([O-])c1cccc(Nc2nc(Cl)nc(Nc3ccccc3Cl)n2)c1.O=S(=O)([O-])c1cccc(Nc2nc(Cl)nc(Nc3ccccc3Cl)n2)c1.[Na+].[Na+]. The maximum atomic E-state index is 11.1. The minimum atomic E-state index is -4.58. The summed E-state index contributed by atoms with van der Waals surface area (Å²) in [5.74, 6) is 0.376. The molecule has 6 rings (SSSR count). The van der Waals surface area contributed by atoms with Gasteiger partial charge in [0.1, 0.15) is 20.2 Å². The fourth-order valence-electron chi connectivity index (χ4n) is 4.01. The summed E-state index contributed by atoms with van der Waals surface area (Å²) in [6, 6.07) is 24.6. The Balaban J connectivity index is 0.000000280. The minimum Gasteiger partial charge on any atom is -0.744 e. The first-order chi connectivity index (χ1) is 24.6. The summed E-state index contributed by atoms with van der Waals surface area (Å²) in [6.07, 6.45) is 0. The predicted octanol–water partition coefficient (Wildman–Crippen LogP) is 1.15. The van der Waals surface area contributed by atoms with Crippen molar-refractivity contribution in [1.29, 1.82) is 0 Å². The Bertz CT molecular complexity index is 2310. The molecule has 0 aliphatic heterocycles. The van der Waals surface area contributed by atoms with Crippen LogP contribution in [-0.2, 0) is 20.2 Å². The van der Waals surface area contributed by atoms with Gasteiger partial charge in [-0.15, -0.1) is 0 Å². The molecule has 2 aromatic heterocycles. The van der Waals surface area contributed by atoms with E-state index >= 15 is 0 Å². The fourth-order valence-corrected chi connectivity index (χ4v) is 5.73. The average molecular weight is 868 g/mol. The Morgan fingerprint density at radius 2 is 0.778 bits per heavy atom. The van der Waals surface area contributed by atoms with Crippen molar-refractivity contribution >= 4 is 113 Å². The van der Waals surface area contributed by atoms with Crippen LogP contribution in [0.15, 0.2) is 107 Å². The van der Waals surface area contributed by atoms with E-state index in [-0.39, 0.29) is 103 Å². The van der Waals surface area contributed by atoms with Gasteiger partial charge in [-0.2, -0.15) is 29.9 Å². The summed E-state index contributed by atoms with van der Waals surface area (Å²) in [5, 5.41) is 12.1. The number of rotatable bonds is 10. The van der Waals surface area contributed by atoms with Crippen LogP contribution in [0, 0.1) is 0 Å². The molecular formula is C30H20Cl4N10Na2O6S2. The van der Waals surface area contributed by atoms with E-state index in [1.165, 1.54) is 36.4 Å². The van der Waals surface area contributed by atoms with Gasteiger partial charge in [-0.25, -0.2) is 16.8 Å². The summed E-state index contributed by atoms with van der Waals surface area (Å²) >= 11 is 24.0. The molecule has 0 unspecified atom stereocenters. The van der Waals surface area contributed by atoms with E-state index < -0.39 is 20.2 Å². The first-order valence-electron chi connectivity index (χ1n) is 14.1. The van der Waals surface area contributed by atoms with Crippen molar-refractivity contribution in [3.8, 4) is 0 Å². The zero-order valence-electron chi connectivity index (χ0n) is 27.7. The van der Waals surface area contributed by atoms with Crippen molar-refractivity contribution in [1.82, 2.24) is 29.9 Å². The molecule has 54 heavy (non-hydrogen) atoms. The van der Waals surface area contributed by atoms with E-state index in [1.54, 1.807) is 60.7 Å². The molecule has 0 amide bonds. The first-order valence-corrected chi connectivity index (χ1v) is 18.5. The van der Waals surface area contributed by atoms with Gasteiger partial charge >= 0.3 is 59.1 Å². The number of anilines is 8. The van der Waals surface area contributed by atoms with E-state index in [4.69, 9.17) is 46.4 Å². The molecule has 6 aromatic rings. The number of hydrogen-bond donors (Lipinski definition) is 4. The van der Waals surface area contributed by atoms with Crippen LogP contribution >= 0.6 is 46.4 Å². The summed E-state index contributed by atoms with van der Waals surface area (Å²) in [6.45, 7) is 0. The van der Waals surface area contributed by atoms with Crippen molar-refractivity contribution in [2.24, 2.45) is 0 Å². The van der Waals surface area contributed by atoms with E-state index in [9.17, 15) is 25.9 Å². The van der Waals surface area contributed by atoms with Gasteiger partial charge in [0.05, 0.1) is 31.2 Å². The number of aromatic nitrogens is 6. The third kappa shape index (κ3) is 13.7. The van der Waals surface area contributed by atoms with Gasteiger partial charge in [-0.3, -0.25) is 0 Å². The average Bonchev–Trinajstić information content (AvgIpc) is 3.06. The van der Waals surface area contributed by atoms with Gasteiger partial charge in [0.25, 0.3) is 0 Å². The minimum absolute atomic E-state index is 0. The number of benzene rings is 4. The molecule has 268 valence electrons. The van der Waals surface area contributed by atoms with Crippen LogP contribution in [-0.4, -0.2) is 55.8 Å². The predicted molar refractivity (Wildman–Crippen MR) is 195 cm³/mol. The van der Waals surface area contributed by atoms with Crippen LogP contribution in [0.5, 0.6) is 0 Å². The standard InChI is InChI=1S/2C15H11Cl2N5O3S.2Na/c2*16-11-6-1-2-7-12(11)19-15-21-13(17)20-14(22-15)18-9-4-3-5-10(8-9)26(23,24)25;;/h2*1-8H,(H,23,24,25)(H2,18,19,20,21,22);;/q;;2*+1/p-2. The second-order valence-corrected chi connectivity index (χ2v) is 14.2. The number of para-hydroxylation sites is 2. The van der Waals surface area contributed by atoms with Crippen LogP contribution in [0.2, 0.25) is 20.6 Å². The molecule has 0 aliphatic rings. The number of nitrogens with one attached hydrogen (secondary N) is 4. The normalized spacial score (nSPS) is 10.8. The smallest absolute Gasteiger partial charge is 0.744 e. The molecule has 0 saturated heterocycles. The van der Waals surface area contributed by atoms with Crippen LogP contribution in [0.4, 0.5) is 46.5 Å². The molecule has 4 N–H and O–H groups in total. The zero-order valence-corrected chi connectivity index (χ0v) is 36.4. The monoisotopic (exact) mass is 866 g/mol. The molecule has 2 heterocycles. The molecular weight excluding hydrogens is 848 g/mol.